The maximum absolute atomic E-state index is 13.2. The lowest BCUT2D eigenvalue weighted by molar-refractivity contribution is 0.0786. The number of aryl methyl sites for hydroxylation is 1. The first kappa shape index (κ1) is 19.6. The fourth-order valence-corrected chi connectivity index (χ4v) is 3.64. The molecule has 27 heavy (non-hydrogen) atoms. The predicted octanol–water partition coefficient (Wildman–Crippen LogP) is 4.50. The first-order valence-corrected chi connectivity index (χ1v) is 9.59. The molecule has 5 nitrogen and oxygen atoms in total. The van der Waals surface area contributed by atoms with Gasteiger partial charge in [0, 0.05) is 17.8 Å². The summed E-state index contributed by atoms with van der Waals surface area (Å²) in [6.45, 7) is 11.9. The zero-order chi connectivity index (χ0) is 20.1. The molecule has 0 unspecified atom stereocenters. The van der Waals surface area contributed by atoms with E-state index in [0.29, 0.717) is 34.0 Å². The zero-order valence-electron chi connectivity index (χ0n) is 16.7. The molecule has 2 aromatic heterocycles. The van der Waals surface area contributed by atoms with E-state index in [0.717, 1.165) is 11.3 Å². The topological polar surface area (TPSA) is 59.5 Å². The van der Waals surface area contributed by atoms with Gasteiger partial charge in [-0.15, -0.1) is 5.10 Å². The molecule has 1 aromatic carbocycles. The third-order valence-corrected chi connectivity index (χ3v) is 5.25. The Morgan fingerprint density at radius 3 is 2.44 bits per heavy atom. The fraction of sp³-hybridized carbons (Fsp3) is 0.429. The molecule has 3 rings (SSSR count). The molecule has 3 aromatic rings. The summed E-state index contributed by atoms with van der Waals surface area (Å²) in [4.78, 5) is 13.2. The van der Waals surface area contributed by atoms with Crippen LogP contribution in [0, 0.1) is 6.92 Å². The number of rotatable bonds is 4. The van der Waals surface area contributed by atoms with E-state index in [-0.39, 0.29) is 11.5 Å². The van der Waals surface area contributed by atoms with Crippen LogP contribution in [0.2, 0.25) is 5.02 Å². The molecule has 0 atom stereocenters. The third kappa shape index (κ3) is 3.30. The molecule has 1 N–H and O–H groups in total. The van der Waals surface area contributed by atoms with Crippen LogP contribution in [0.4, 0.5) is 0 Å². The van der Waals surface area contributed by atoms with E-state index in [1.165, 1.54) is 0 Å². The van der Waals surface area contributed by atoms with Crippen molar-refractivity contribution in [3.05, 3.63) is 56.5 Å². The predicted molar refractivity (Wildman–Crippen MR) is 110 cm³/mol. The summed E-state index contributed by atoms with van der Waals surface area (Å²) in [6.07, 6.45) is 0. The Labute approximate surface area is 164 Å². The summed E-state index contributed by atoms with van der Waals surface area (Å²) in [7, 11) is 0. The number of hydrogen-bond acceptors (Lipinski definition) is 3. The van der Waals surface area contributed by atoms with E-state index in [1.54, 1.807) is 29.0 Å². The highest BCUT2D eigenvalue weighted by Gasteiger charge is 2.22. The molecule has 0 saturated carbocycles. The van der Waals surface area contributed by atoms with Gasteiger partial charge < -0.3 is 5.11 Å². The number of halogens is 1. The Morgan fingerprint density at radius 1 is 1.26 bits per heavy atom. The van der Waals surface area contributed by atoms with Gasteiger partial charge >= 0.3 is 0 Å². The lowest BCUT2D eigenvalue weighted by atomic mass is 9.97. The molecular weight excluding hydrogens is 362 g/mol. The van der Waals surface area contributed by atoms with Crippen LogP contribution >= 0.6 is 11.6 Å². The number of nitrogens with zero attached hydrogens (tertiary/aromatic N) is 3. The normalized spacial score (nSPS) is 12.3. The highest BCUT2D eigenvalue weighted by molar-refractivity contribution is 6.33. The zero-order valence-corrected chi connectivity index (χ0v) is 17.4. The van der Waals surface area contributed by atoms with Crippen molar-refractivity contribution in [1.82, 2.24) is 14.2 Å². The van der Waals surface area contributed by atoms with Crippen molar-refractivity contribution in [2.75, 3.05) is 0 Å². The van der Waals surface area contributed by atoms with Crippen molar-refractivity contribution in [1.29, 1.82) is 0 Å². The van der Waals surface area contributed by atoms with Gasteiger partial charge in [0.2, 0.25) is 0 Å². The minimum atomic E-state index is -0.993. The molecule has 2 heterocycles. The molecule has 0 fully saturated rings. The standard InChI is InChI=1S/C21H26ClN3O2/c1-7-24-19(15-9-8-14(11-17(15)22)21(5,6)27)23-25-13(4)10-16(12(2)3)18(25)20(24)26/h8-12,27H,7H2,1-6H3. The second-order valence-corrected chi connectivity index (χ2v) is 8.19. The second kappa shape index (κ2) is 6.80. The van der Waals surface area contributed by atoms with Crippen LogP contribution in [0.3, 0.4) is 0 Å². The largest absolute Gasteiger partial charge is 0.386 e. The Kier molecular flexibility index (Phi) is 4.95. The number of hydrogen-bond donors (Lipinski definition) is 1. The summed E-state index contributed by atoms with van der Waals surface area (Å²) < 4.78 is 3.38. The van der Waals surface area contributed by atoms with Crippen molar-refractivity contribution >= 4 is 17.1 Å². The Bertz CT molecular complexity index is 1070. The number of aromatic nitrogens is 3. The van der Waals surface area contributed by atoms with Crippen LogP contribution in [0.1, 0.15) is 57.4 Å². The molecule has 0 aliphatic heterocycles. The quantitative estimate of drug-likeness (QED) is 0.717. The van der Waals surface area contributed by atoms with Crippen molar-refractivity contribution in [3.8, 4) is 11.4 Å². The Morgan fingerprint density at radius 2 is 1.93 bits per heavy atom. The minimum Gasteiger partial charge on any atom is -0.386 e. The molecule has 0 saturated heterocycles. The number of fused-ring (bicyclic) bond motifs is 1. The fourth-order valence-electron chi connectivity index (χ4n) is 3.38. The average molecular weight is 388 g/mol. The van der Waals surface area contributed by atoms with Gasteiger partial charge in [-0.2, -0.15) is 0 Å². The number of aliphatic hydroxyl groups is 1. The molecule has 0 radical (unpaired) electrons. The second-order valence-electron chi connectivity index (χ2n) is 7.78. The van der Waals surface area contributed by atoms with Gasteiger partial charge in [-0.25, -0.2) is 4.52 Å². The van der Waals surface area contributed by atoms with E-state index in [2.05, 4.69) is 13.8 Å². The van der Waals surface area contributed by atoms with Crippen LogP contribution < -0.4 is 5.56 Å². The van der Waals surface area contributed by atoms with Crippen molar-refractivity contribution in [2.45, 2.75) is 59.6 Å². The van der Waals surface area contributed by atoms with Gasteiger partial charge in [0.15, 0.2) is 5.82 Å². The third-order valence-electron chi connectivity index (χ3n) is 4.94. The van der Waals surface area contributed by atoms with Crippen LogP contribution in [-0.4, -0.2) is 19.3 Å². The molecule has 0 amide bonds. The van der Waals surface area contributed by atoms with E-state index in [1.807, 2.05) is 32.0 Å². The van der Waals surface area contributed by atoms with Crippen LogP contribution in [-0.2, 0) is 12.1 Å². The summed E-state index contributed by atoms with van der Waals surface area (Å²) in [6, 6.07) is 7.39. The van der Waals surface area contributed by atoms with Gasteiger partial charge in [0.25, 0.3) is 5.56 Å². The van der Waals surface area contributed by atoms with Gasteiger partial charge in [-0.3, -0.25) is 9.36 Å². The highest BCUT2D eigenvalue weighted by Crippen LogP contribution is 2.31. The van der Waals surface area contributed by atoms with Gasteiger partial charge in [0.1, 0.15) is 5.52 Å². The van der Waals surface area contributed by atoms with Crippen molar-refractivity contribution < 1.29 is 5.11 Å². The van der Waals surface area contributed by atoms with Crippen molar-refractivity contribution in [3.63, 3.8) is 0 Å². The maximum Gasteiger partial charge on any atom is 0.278 e. The van der Waals surface area contributed by atoms with E-state index in [9.17, 15) is 9.90 Å². The molecule has 0 aliphatic rings. The van der Waals surface area contributed by atoms with E-state index in [4.69, 9.17) is 16.7 Å². The summed E-state index contributed by atoms with van der Waals surface area (Å²) >= 11 is 6.52. The molecule has 6 heteroatoms. The van der Waals surface area contributed by atoms with Crippen LogP contribution in [0.15, 0.2) is 29.1 Å². The lowest BCUT2D eigenvalue weighted by Gasteiger charge is -2.19. The summed E-state index contributed by atoms with van der Waals surface area (Å²) in [5.41, 5.74) is 2.86. The van der Waals surface area contributed by atoms with Crippen LogP contribution in [0.25, 0.3) is 16.9 Å². The monoisotopic (exact) mass is 387 g/mol. The molecule has 0 bridgehead atoms. The first-order chi connectivity index (χ1) is 12.6. The van der Waals surface area contributed by atoms with Gasteiger partial charge in [0.05, 0.1) is 10.6 Å². The van der Waals surface area contributed by atoms with Crippen molar-refractivity contribution in [2.24, 2.45) is 0 Å². The lowest BCUT2D eigenvalue weighted by Crippen LogP contribution is -2.26. The summed E-state index contributed by atoms with van der Waals surface area (Å²) in [5.74, 6) is 0.755. The SMILES string of the molecule is CCn1c(-c2ccc(C(C)(C)O)cc2Cl)nn2c(C)cc(C(C)C)c2c1=O. The average Bonchev–Trinajstić information content (AvgIpc) is 2.91. The summed E-state index contributed by atoms with van der Waals surface area (Å²) in [5, 5.41) is 15.4. The van der Waals surface area contributed by atoms with E-state index >= 15 is 0 Å². The highest BCUT2D eigenvalue weighted by atomic mass is 35.5. The number of benzene rings is 1. The minimum absolute atomic E-state index is 0.0677. The Hall–Kier alpha value is -2.11. The smallest absolute Gasteiger partial charge is 0.278 e. The molecule has 0 aliphatic carbocycles. The van der Waals surface area contributed by atoms with Gasteiger partial charge in [-0.1, -0.05) is 31.5 Å². The Balaban J connectivity index is 2.33. The molecule has 0 spiro atoms. The maximum atomic E-state index is 13.2. The van der Waals surface area contributed by atoms with Gasteiger partial charge in [-0.05, 0) is 62.9 Å². The van der Waals surface area contributed by atoms with Crippen LogP contribution in [0.5, 0.6) is 0 Å². The first-order valence-electron chi connectivity index (χ1n) is 9.22. The van der Waals surface area contributed by atoms with E-state index < -0.39 is 5.60 Å². The molecule has 144 valence electrons. The molecular formula is C21H26ClN3O2.